The highest BCUT2D eigenvalue weighted by Gasteiger charge is 2.20. The van der Waals surface area contributed by atoms with Crippen molar-refractivity contribution in [1.82, 2.24) is 10.2 Å². The van der Waals surface area contributed by atoms with E-state index in [1.807, 2.05) is 16.7 Å². The first-order chi connectivity index (χ1) is 10.3. The number of nitrogens with one attached hydrogen (secondary N) is 1. The van der Waals surface area contributed by atoms with Crippen LogP contribution in [0.25, 0.3) is 0 Å². The highest BCUT2D eigenvalue weighted by Crippen LogP contribution is 2.23. The van der Waals surface area contributed by atoms with E-state index < -0.39 is 0 Å². The Labute approximate surface area is 137 Å². The van der Waals surface area contributed by atoms with Crippen LogP contribution in [0.1, 0.15) is 15.3 Å². The van der Waals surface area contributed by atoms with E-state index in [1.54, 1.807) is 22.7 Å². The van der Waals surface area contributed by atoms with Gasteiger partial charge in [0.25, 0.3) is 0 Å². The van der Waals surface area contributed by atoms with Crippen LogP contribution in [-0.4, -0.2) is 29.8 Å². The van der Waals surface area contributed by atoms with Crippen LogP contribution >= 0.6 is 34.4 Å². The van der Waals surface area contributed by atoms with E-state index in [-0.39, 0.29) is 6.03 Å². The lowest BCUT2D eigenvalue weighted by molar-refractivity contribution is 0.193. The van der Waals surface area contributed by atoms with Crippen LogP contribution in [-0.2, 0) is 18.7 Å². The summed E-state index contributed by atoms with van der Waals surface area (Å²) in [6.45, 7) is 2.33. The molecule has 0 spiro atoms. The van der Waals surface area contributed by atoms with Crippen molar-refractivity contribution in [2.45, 2.75) is 18.7 Å². The van der Waals surface area contributed by atoms with Gasteiger partial charge in [-0.1, -0.05) is 6.07 Å². The first-order valence-corrected chi connectivity index (χ1v) is 9.92. The third-order valence-electron chi connectivity index (χ3n) is 3.44. The molecule has 2 aromatic heterocycles. The van der Waals surface area contributed by atoms with Crippen LogP contribution < -0.4 is 5.32 Å². The zero-order chi connectivity index (χ0) is 14.5. The summed E-state index contributed by atoms with van der Waals surface area (Å²) >= 11 is 5.46. The predicted molar refractivity (Wildman–Crippen MR) is 92.3 cm³/mol. The monoisotopic (exact) mass is 338 g/mol. The van der Waals surface area contributed by atoms with Gasteiger partial charge in [0.05, 0.1) is 0 Å². The SMILES string of the molecule is O=C(NCCSCc1cccs1)N1CCc2sccc2C1. The second-order valence-corrected chi connectivity index (χ2v) is 8.04. The topological polar surface area (TPSA) is 32.3 Å². The van der Waals surface area contributed by atoms with E-state index >= 15 is 0 Å². The Hall–Kier alpha value is -0.980. The first-order valence-electron chi connectivity index (χ1n) is 7.01. The highest BCUT2D eigenvalue weighted by atomic mass is 32.2. The number of fused-ring (bicyclic) bond motifs is 1. The van der Waals surface area contributed by atoms with Crippen molar-refractivity contribution in [2.75, 3.05) is 18.8 Å². The van der Waals surface area contributed by atoms with Crippen LogP contribution in [0.4, 0.5) is 4.79 Å². The fraction of sp³-hybridized carbons (Fsp3) is 0.400. The molecule has 6 heteroatoms. The van der Waals surface area contributed by atoms with Gasteiger partial charge in [0.15, 0.2) is 0 Å². The van der Waals surface area contributed by atoms with Crippen molar-refractivity contribution >= 4 is 40.5 Å². The molecule has 0 saturated carbocycles. The number of nitrogens with zero attached hydrogens (tertiary/aromatic N) is 1. The minimum absolute atomic E-state index is 0.0728. The number of urea groups is 1. The lowest BCUT2D eigenvalue weighted by Gasteiger charge is -2.27. The van der Waals surface area contributed by atoms with Crippen LogP contribution in [0.15, 0.2) is 29.0 Å². The van der Waals surface area contributed by atoms with Crippen LogP contribution in [0, 0.1) is 0 Å². The average molecular weight is 339 g/mol. The molecule has 0 radical (unpaired) electrons. The summed E-state index contributed by atoms with van der Waals surface area (Å²) in [5.41, 5.74) is 1.31. The molecule has 3 heterocycles. The molecule has 0 aliphatic carbocycles. The molecule has 0 bridgehead atoms. The standard InChI is InChI=1S/C15H18N2OS3/c18-15(16-5-9-19-11-13-2-1-7-20-13)17-6-3-14-12(10-17)4-8-21-14/h1-2,4,7-8H,3,5-6,9-11H2,(H,16,18). The van der Waals surface area contributed by atoms with E-state index in [0.29, 0.717) is 0 Å². The van der Waals surface area contributed by atoms with Crippen LogP contribution in [0.3, 0.4) is 0 Å². The second kappa shape index (κ2) is 7.33. The fourth-order valence-corrected chi connectivity index (χ4v) is 4.92. The molecule has 112 valence electrons. The van der Waals surface area contributed by atoms with Gasteiger partial charge in [0.1, 0.15) is 0 Å². The zero-order valence-corrected chi connectivity index (χ0v) is 14.2. The number of amides is 2. The number of carbonyl (C=O) groups excluding carboxylic acids is 1. The van der Waals surface area contributed by atoms with Crippen molar-refractivity contribution < 1.29 is 4.79 Å². The maximum absolute atomic E-state index is 12.1. The smallest absolute Gasteiger partial charge is 0.317 e. The first kappa shape index (κ1) is 14.9. The number of hydrogen-bond donors (Lipinski definition) is 1. The molecule has 2 amide bonds. The molecule has 0 aromatic carbocycles. The second-order valence-electron chi connectivity index (χ2n) is 4.90. The average Bonchev–Trinajstić information content (AvgIpc) is 3.17. The van der Waals surface area contributed by atoms with Gasteiger partial charge < -0.3 is 10.2 Å². The minimum atomic E-state index is 0.0728. The fourth-order valence-electron chi connectivity index (χ4n) is 2.33. The Morgan fingerprint density at radius 1 is 1.33 bits per heavy atom. The quantitative estimate of drug-likeness (QED) is 0.841. The van der Waals surface area contributed by atoms with Crippen molar-refractivity contribution in [3.63, 3.8) is 0 Å². The van der Waals surface area contributed by atoms with Gasteiger partial charge in [-0.2, -0.15) is 11.8 Å². The lowest BCUT2D eigenvalue weighted by Crippen LogP contribution is -2.43. The third-order valence-corrected chi connectivity index (χ3v) is 6.53. The summed E-state index contributed by atoms with van der Waals surface area (Å²) in [6.07, 6.45) is 0.994. The van der Waals surface area contributed by atoms with Crippen molar-refractivity contribution in [3.8, 4) is 0 Å². The zero-order valence-electron chi connectivity index (χ0n) is 11.7. The summed E-state index contributed by atoms with van der Waals surface area (Å²) in [7, 11) is 0. The van der Waals surface area contributed by atoms with Gasteiger partial charge in [-0.15, -0.1) is 22.7 Å². The van der Waals surface area contributed by atoms with E-state index in [1.165, 1.54) is 15.3 Å². The number of hydrogen-bond acceptors (Lipinski definition) is 4. The van der Waals surface area contributed by atoms with Gasteiger partial charge in [-0.3, -0.25) is 0 Å². The summed E-state index contributed by atoms with van der Waals surface area (Å²) in [5, 5.41) is 7.25. The van der Waals surface area contributed by atoms with E-state index in [2.05, 4.69) is 34.3 Å². The van der Waals surface area contributed by atoms with Gasteiger partial charge >= 0.3 is 6.03 Å². The minimum Gasteiger partial charge on any atom is -0.337 e. The van der Waals surface area contributed by atoms with E-state index in [9.17, 15) is 4.79 Å². The Morgan fingerprint density at radius 2 is 2.29 bits per heavy atom. The summed E-state index contributed by atoms with van der Waals surface area (Å²) < 4.78 is 0. The van der Waals surface area contributed by atoms with Crippen molar-refractivity contribution in [1.29, 1.82) is 0 Å². The predicted octanol–water partition coefficient (Wildman–Crippen LogP) is 3.81. The number of carbonyl (C=O) groups is 1. The van der Waals surface area contributed by atoms with Gasteiger partial charge in [0, 0.05) is 40.9 Å². The normalized spacial score (nSPS) is 14.0. The molecule has 2 aromatic rings. The Bertz CT molecular complexity index is 580. The number of thiophene rings is 2. The van der Waals surface area contributed by atoms with Gasteiger partial charge in [-0.05, 0) is 34.9 Å². The summed E-state index contributed by atoms with van der Waals surface area (Å²) in [6, 6.07) is 6.44. The number of thioether (sulfide) groups is 1. The molecule has 3 nitrogen and oxygen atoms in total. The molecule has 1 aliphatic rings. The molecule has 3 rings (SSSR count). The maximum atomic E-state index is 12.1. The Kier molecular flexibility index (Phi) is 5.22. The van der Waals surface area contributed by atoms with Gasteiger partial charge in [-0.25, -0.2) is 4.79 Å². The van der Waals surface area contributed by atoms with Crippen LogP contribution in [0.5, 0.6) is 0 Å². The molecule has 0 saturated heterocycles. The Balaban J connectivity index is 1.35. The number of rotatable bonds is 5. The van der Waals surface area contributed by atoms with Crippen molar-refractivity contribution in [2.24, 2.45) is 0 Å². The van der Waals surface area contributed by atoms with E-state index in [4.69, 9.17) is 0 Å². The maximum Gasteiger partial charge on any atom is 0.317 e. The molecule has 0 fully saturated rings. The molecular weight excluding hydrogens is 320 g/mol. The van der Waals surface area contributed by atoms with Gasteiger partial charge in [0.2, 0.25) is 0 Å². The van der Waals surface area contributed by atoms with Crippen molar-refractivity contribution in [3.05, 3.63) is 44.3 Å². The molecule has 0 atom stereocenters. The molecule has 1 N–H and O–H groups in total. The molecule has 1 aliphatic heterocycles. The molecule has 0 unspecified atom stereocenters. The Morgan fingerprint density at radius 3 is 3.14 bits per heavy atom. The summed E-state index contributed by atoms with van der Waals surface area (Å²) in [5.74, 6) is 2.00. The van der Waals surface area contributed by atoms with Crippen LogP contribution in [0.2, 0.25) is 0 Å². The molecular formula is C15H18N2OS3. The van der Waals surface area contributed by atoms with E-state index in [0.717, 1.165) is 37.6 Å². The molecule has 21 heavy (non-hydrogen) atoms. The largest absolute Gasteiger partial charge is 0.337 e. The summed E-state index contributed by atoms with van der Waals surface area (Å²) in [4.78, 5) is 16.9. The lowest BCUT2D eigenvalue weighted by atomic mass is 10.1. The third kappa shape index (κ3) is 4.02. The highest BCUT2D eigenvalue weighted by molar-refractivity contribution is 7.98.